The zero-order chi connectivity index (χ0) is 20.5. The fourth-order valence-electron chi connectivity index (χ4n) is 4.00. The number of esters is 2. The molecule has 1 aliphatic carbocycles. The molecule has 8 heteroatoms. The van der Waals surface area contributed by atoms with Crippen LogP contribution in [0.1, 0.15) is 38.7 Å². The van der Waals surface area contributed by atoms with Crippen LogP contribution >= 0.6 is 0 Å². The van der Waals surface area contributed by atoms with Crippen molar-refractivity contribution in [3.63, 3.8) is 0 Å². The zero-order valence-electron chi connectivity index (χ0n) is 16.1. The number of hydrogen-bond donors (Lipinski definition) is 1. The molecule has 0 spiro atoms. The van der Waals surface area contributed by atoms with E-state index >= 15 is 0 Å². The summed E-state index contributed by atoms with van der Waals surface area (Å²) in [7, 11) is 0. The SMILES string of the molecule is CCOC(=O)C1C(=O)CC(C)(O)C(C(=O)OCC)C1c1ccc2c(c1)OCO2. The van der Waals surface area contributed by atoms with Gasteiger partial charge in [0.15, 0.2) is 17.3 Å². The second kappa shape index (κ2) is 7.79. The molecule has 0 amide bonds. The van der Waals surface area contributed by atoms with Crippen LogP contribution in [0.4, 0.5) is 0 Å². The van der Waals surface area contributed by atoms with Gasteiger partial charge in [0.05, 0.1) is 24.7 Å². The molecule has 2 aliphatic rings. The van der Waals surface area contributed by atoms with Gasteiger partial charge in [-0.15, -0.1) is 0 Å². The Bertz CT molecular complexity index is 784. The molecule has 1 N–H and O–H groups in total. The molecule has 3 rings (SSSR count). The first kappa shape index (κ1) is 20.1. The van der Waals surface area contributed by atoms with Crippen LogP contribution in [0.2, 0.25) is 0 Å². The third-order valence-corrected chi connectivity index (χ3v) is 5.13. The van der Waals surface area contributed by atoms with Crippen molar-refractivity contribution in [1.29, 1.82) is 0 Å². The molecule has 28 heavy (non-hydrogen) atoms. The third kappa shape index (κ3) is 3.56. The Morgan fingerprint density at radius 1 is 1.14 bits per heavy atom. The van der Waals surface area contributed by atoms with Gasteiger partial charge in [0.25, 0.3) is 0 Å². The van der Waals surface area contributed by atoms with E-state index in [1.54, 1.807) is 32.0 Å². The summed E-state index contributed by atoms with van der Waals surface area (Å²) in [4.78, 5) is 38.2. The standard InChI is InChI=1S/C20H24O8/c1-4-25-18(22)16-12(21)9-20(3,24)17(19(23)26-5-2)15(16)11-6-7-13-14(8-11)28-10-27-13/h6-8,15-17,24H,4-5,9-10H2,1-3H3. The summed E-state index contributed by atoms with van der Waals surface area (Å²) in [5.41, 5.74) is -1.18. The van der Waals surface area contributed by atoms with Crippen LogP contribution in [0.15, 0.2) is 18.2 Å². The smallest absolute Gasteiger partial charge is 0.317 e. The monoisotopic (exact) mass is 392 g/mol. The van der Waals surface area contributed by atoms with Crippen molar-refractivity contribution in [2.45, 2.75) is 38.7 Å². The van der Waals surface area contributed by atoms with E-state index in [4.69, 9.17) is 18.9 Å². The lowest BCUT2D eigenvalue weighted by atomic mass is 9.61. The molecule has 4 unspecified atom stereocenters. The maximum Gasteiger partial charge on any atom is 0.317 e. The number of ether oxygens (including phenoxy) is 4. The van der Waals surface area contributed by atoms with Crippen molar-refractivity contribution in [3.05, 3.63) is 23.8 Å². The van der Waals surface area contributed by atoms with Crippen LogP contribution in [-0.4, -0.2) is 48.4 Å². The minimum Gasteiger partial charge on any atom is -0.466 e. The number of hydrogen-bond acceptors (Lipinski definition) is 8. The Hall–Kier alpha value is -2.61. The van der Waals surface area contributed by atoms with Gasteiger partial charge >= 0.3 is 11.9 Å². The minimum absolute atomic E-state index is 0.0582. The van der Waals surface area contributed by atoms with Crippen LogP contribution in [0.3, 0.4) is 0 Å². The summed E-state index contributed by atoms with van der Waals surface area (Å²) in [5, 5.41) is 10.9. The Morgan fingerprint density at radius 2 is 1.79 bits per heavy atom. The molecule has 8 nitrogen and oxygen atoms in total. The molecule has 0 bridgehead atoms. The molecular formula is C20H24O8. The topological polar surface area (TPSA) is 108 Å². The van der Waals surface area contributed by atoms with Gasteiger partial charge in [0, 0.05) is 12.3 Å². The molecule has 0 radical (unpaired) electrons. The van der Waals surface area contributed by atoms with Crippen LogP contribution in [-0.2, 0) is 23.9 Å². The molecule has 0 saturated heterocycles. The highest BCUT2D eigenvalue weighted by Gasteiger charge is 2.57. The summed E-state index contributed by atoms with van der Waals surface area (Å²) in [6.45, 7) is 4.96. The second-order valence-corrected chi connectivity index (χ2v) is 7.10. The summed E-state index contributed by atoms with van der Waals surface area (Å²) in [5.74, 6) is -4.21. The normalized spacial score (nSPS) is 28.7. The molecule has 1 fully saturated rings. The minimum atomic E-state index is -1.67. The molecule has 1 saturated carbocycles. The molecule has 1 aromatic carbocycles. The van der Waals surface area contributed by atoms with Gasteiger partial charge in [-0.25, -0.2) is 0 Å². The van der Waals surface area contributed by atoms with Crippen LogP contribution < -0.4 is 9.47 Å². The third-order valence-electron chi connectivity index (χ3n) is 5.13. The maximum atomic E-state index is 12.8. The molecule has 1 aliphatic heterocycles. The predicted octanol–water partition coefficient (Wildman–Crippen LogP) is 1.58. The molecule has 1 heterocycles. The lowest BCUT2D eigenvalue weighted by Crippen LogP contribution is -2.55. The highest BCUT2D eigenvalue weighted by Crippen LogP contribution is 2.48. The summed E-state index contributed by atoms with van der Waals surface area (Å²) in [6.07, 6.45) is -0.346. The van der Waals surface area contributed by atoms with E-state index in [0.29, 0.717) is 17.1 Å². The number of rotatable bonds is 5. The van der Waals surface area contributed by atoms with Gasteiger partial charge in [-0.1, -0.05) is 6.07 Å². The molecular weight excluding hydrogens is 368 g/mol. The summed E-state index contributed by atoms with van der Waals surface area (Å²) < 4.78 is 21.0. The first-order valence-electron chi connectivity index (χ1n) is 9.28. The van der Waals surface area contributed by atoms with E-state index in [1.165, 1.54) is 6.92 Å². The molecule has 1 aromatic rings. The van der Waals surface area contributed by atoms with Gasteiger partial charge < -0.3 is 24.1 Å². The van der Waals surface area contributed by atoms with Gasteiger partial charge in [-0.2, -0.15) is 0 Å². The lowest BCUT2D eigenvalue weighted by Gasteiger charge is -2.43. The Balaban J connectivity index is 2.12. The van der Waals surface area contributed by atoms with E-state index in [2.05, 4.69) is 0 Å². The molecule has 0 aromatic heterocycles. The fraction of sp³-hybridized carbons (Fsp3) is 0.550. The van der Waals surface area contributed by atoms with Gasteiger partial charge in [0.2, 0.25) is 6.79 Å². The first-order chi connectivity index (χ1) is 13.3. The molecule has 152 valence electrons. The Morgan fingerprint density at radius 3 is 2.46 bits per heavy atom. The highest BCUT2D eigenvalue weighted by molar-refractivity contribution is 6.02. The highest BCUT2D eigenvalue weighted by atomic mass is 16.7. The predicted molar refractivity (Wildman–Crippen MR) is 95.8 cm³/mol. The van der Waals surface area contributed by atoms with Gasteiger partial charge in [0.1, 0.15) is 5.92 Å². The average Bonchev–Trinajstić information content (AvgIpc) is 3.08. The summed E-state index contributed by atoms with van der Waals surface area (Å²) >= 11 is 0. The quantitative estimate of drug-likeness (QED) is 0.594. The first-order valence-corrected chi connectivity index (χ1v) is 9.28. The lowest BCUT2D eigenvalue weighted by molar-refractivity contribution is -0.172. The summed E-state index contributed by atoms with van der Waals surface area (Å²) in [6, 6.07) is 4.93. The van der Waals surface area contributed by atoms with Crippen molar-refractivity contribution in [2.75, 3.05) is 20.0 Å². The van der Waals surface area contributed by atoms with E-state index in [9.17, 15) is 19.5 Å². The Labute approximate surface area is 162 Å². The Kier molecular flexibility index (Phi) is 5.60. The van der Waals surface area contributed by atoms with Gasteiger partial charge in [-0.3, -0.25) is 14.4 Å². The number of carbonyl (C=O) groups is 3. The number of fused-ring (bicyclic) bond motifs is 1. The second-order valence-electron chi connectivity index (χ2n) is 7.10. The van der Waals surface area contributed by atoms with Crippen molar-refractivity contribution in [3.8, 4) is 11.5 Å². The number of ketones is 1. The van der Waals surface area contributed by atoms with Crippen molar-refractivity contribution < 1.29 is 38.4 Å². The zero-order valence-corrected chi connectivity index (χ0v) is 16.1. The van der Waals surface area contributed by atoms with Crippen LogP contribution in [0.25, 0.3) is 0 Å². The fourth-order valence-corrected chi connectivity index (χ4v) is 4.00. The van der Waals surface area contributed by atoms with E-state index < -0.39 is 41.1 Å². The average molecular weight is 392 g/mol. The van der Waals surface area contributed by atoms with Crippen LogP contribution in [0.5, 0.6) is 11.5 Å². The van der Waals surface area contributed by atoms with Crippen molar-refractivity contribution in [1.82, 2.24) is 0 Å². The van der Waals surface area contributed by atoms with Crippen LogP contribution in [0, 0.1) is 11.8 Å². The number of aliphatic hydroxyl groups is 1. The van der Waals surface area contributed by atoms with E-state index in [-0.39, 0.29) is 26.4 Å². The van der Waals surface area contributed by atoms with Crippen molar-refractivity contribution >= 4 is 17.7 Å². The van der Waals surface area contributed by atoms with Gasteiger partial charge in [-0.05, 0) is 38.5 Å². The number of carbonyl (C=O) groups excluding carboxylic acids is 3. The molecule has 4 atom stereocenters. The number of benzene rings is 1. The van der Waals surface area contributed by atoms with E-state index in [0.717, 1.165) is 0 Å². The van der Waals surface area contributed by atoms with E-state index in [1.807, 2.05) is 0 Å². The number of Topliss-reactive ketones (excluding diaryl/α,β-unsaturated/α-hetero) is 1. The van der Waals surface area contributed by atoms with Crippen molar-refractivity contribution in [2.24, 2.45) is 11.8 Å². The maximum absolute atomic E-state index is 12.8. The largest absolute Gasteiger partial charge is 0.466 e.